The Hall–Kier alpha value is -1.81. The minimum atomic E-state index is 0.584. The lowest BCUT2D eigenvalue weighted by molar-refractivity contribution is 0.544. The highest BCUT2D eigenvalue weighted by Crippen LogP contribution is 2.30. The first-order valence-corrected chi connectivity index (χ1v) is 6.75. The SMILES string of the molecule is CNCc1coc(N2CCC(c3ccccc3)C2)n1. The number of nitrogens with zero attached hydrogens (tertiary/aromatic N) is 2. The van der Waals surface area contributed by atoms with E-state index in [4.69, 9.17) is 4.42 Å². The van der Waals surface area contributed by atoms with Crippen LogP contribution in [0.1, 0.15) is 23.6 Å². The summed E-state index contributed by atoms with van der Waals surface area (Å²) < 4.78 is 5.56. The first-order valence-electron chi connectivity index (χ1n) is 6.75. The summed E-state index contributed by atoms with van der Waals surface area (Å²) in [5.74, 6) is 0.584. The van der Waals surface area contributed by atoms with E-state index in [0.29, 0.717) is 5.92 Å². The molecule has 2 aromatic rings. The van der Waals surface area contributed by atoms with E-state index in [0.717, 1.165) is 37.8 Å². The average Bonchev–Trinajstić information content (AvgIpc) is 3.08. The predicted molar refractivity (Wildman–Crippen MR) is 75.3 cm³/mol. The number of benzene rings is 1. The summed E-state index contributed by atoms with van der Waals surface area (Å²) in [4.78, 5) is 6.74. The zero-order valence-electron chi connectivity index (χ0n) is 11.2. The molecule has 0 bridgehead atoms. The molecule has 0 amide bonds. The number of rotatable bonds is 4. The molecule has 100 valence electrons. The quantitative estimate of drug-likeness (QED) is 0.913. The van der Waals surface area contributed by atoms with Crippen molar-refractivity contribution < 1.29 is 4.42 Å². The van der Waals surface area contributed by atoms with Crippen LogP contribution in [0.15, 0.2) is 41.0 Å². The molecule has 4 nitrogen and oxygen atoms in total. The zero-order valence-corrected chi connectivity index (χ0v) is 11.2. The Bertz CT molecular complexity index is 523. The minimum absolute atomic E-state index is 0.584. The van der Waals surface area contributed by atoms with E-state index in [9.17, 15) is 0 Å². The highest BCUT2D eigenvalue weighted by molar-refractivity contribution is 5.33. The second kappa shape index (κ2) is 5.45. The van der Waals surface area contributed by atoms with Gasteiger partial charge < -0.3 is 14.6 Å². The van der Waals surface area contributed by atoms with Gasteiger partial charge in [0.2, 0.25) is 0 Å². The first-order chi connectivity index (χ1) is 9.36. The van der Waals surface area contributed by atoms with Gasteiger partial charge in [0.15, 0.2) is 0 Å². The van der Waals surface area contributed by atoms with Crippen molar-refractivity contribution in [2.24, 2.45) is 0 Å². The standard InChI is InChI=1S/C15H19N3O/c1-16-9-14-11-19-15(17-14)18-8-7-13(10-18)12-5-3-2-4-6-12/h2-6,11,13,16H,7-10H2,1H3. The molecule has 1 atom stereocenters. The summed E-state index contributed by atoms with van der Waals surface area (Å²) in [6.07, 6.45) is 2.90. The Balaban J connectivity index is 1.68. The monoisotopic (exact) mass is 257 g/mol. The summed E-state index contributed by atoms with van der Waals surface area (Å²) in [6.45, 7) is 2.75. The van der Waals surface area contributed by atoms with Crippen LogP contribution in [-0.4, -0.2) is 25.1 Å². The molecule has 0 radical (unpaired) electrons. The van der Waals surface area contributed by atoms with Crippen LogP contribution in [0.5, 0.6) is 0 Å². The highest BCUT2D eigenvalue weighted by Gasteiger charge is 2.26. The summed E-state index contributed by atoms with van der Waals surface area (Å²) >= 11 is 0. The van der Waals surface area contributed by atoms with E-state index in [1.807, 2.05) is 7.05 Å². The van der Waals surface area contributed by atoms with E-state index in [2.05, 4.69) is 45.5 Å². The summed E-state index contributed by atoms with van der Waals surface area (Å²) in [7, 11) is 1.91. The van der Waals surface area contributed by atoms with Crippen LogP contribution in [0.3, 0.4) is 0 Å². The van der Waals surface area contributed by atoms with Crippen molar-refractivity contribution in [3.63, 3.8) is 0 Å². The molecule has 3 rings (SSSR count). The fraction of sp³-hybridized carbons (Fsp3) is 0.400. The third-order valence-corrected chi connectivity index (χ3v) is 3.63. The molecule has 0 spiro atoms. The number of anilines is 1. The minimum Gasteiger partial charge on any atom is -0.432 e. The highest BCUT2D eigenvalue weighted by atomic mass is 16.4. The molecule has 1 N–H and O–H groups in total. The van der Waals surface area contributed by atoms with Gasteiger partial charge >= 0.3 is 0 Å². The number of aromatic nitrogens is 1. The van der Waals surface area contributed by atoms with Gasteiger partial charge in [-0.2, -0.15) is 4.98 Å². The second-order valence-corrected chi connectivity index (χ2v) is 4.99. The van der Waals surface area contributed by atoms with E-state index in [1.54, 1.807) is 6.26 Å². The van der Waals surface area contributed by atoms with Gasteiger partial charge in [0, 0.05) is 25.6 Å². The first kappa shape index (κ1) is 12.2. The molecule has 1 fully saturated rings. The molecule has 0 aliphatic carbocycles. The summed E-state index contributed by atoms with van der Waals surface area (Å²) in [5.41, 5.74) is 2.37. The van der Waals surface area contributed by atoms with Crippen LogP contribution >= 0.6 is 0 Å². The summed E-state index contributed by atoms with van der Waals surface area (Å²) in [6, 6.07) is 11.4. The second-order valence-electron chi connectivity index (χ2n) is 4.99. The van der Waals surface area contributed by atoms with E-state index in [1.165, 1.54) is 5.56 Å². The number of oxazole rings is 1. The Morgan fingerprint density at radius 1 is 1.37 bits per heavy atom. The topological polar surface area (TPSA) is 41.3 Å². The lowest BCUT2D eigenvalue weighted by Crippen LogP contribution is -2.19. The van der Waals surface area contributed by atoms with Crippen molar-refractivity contribution in [1.29, 1.82) is 0 Å². The normalized spacial score (nSPS) is 19.0. The molecule has 4 heteroatoms. The molecule has 1 aromatic heterocycles. The van der Waals surface area contributed by atoms with Crippen molar-refractivity contribution >= 4 is 6.01 Å². The van der Waals surface area contributed by atoms with Gasteiger partial charge in [0.1, 0.15) is 6.26 Å². The number of hydrogen-bond donors (Lipinski definition) is 1. The Kier molecular flexibility index (Phi) is 3.51. The van der Waals surface area contributed by atoms with Crippen molar-refractivity contribution in [3.05, 3.63) is 47.9 Å². The molecule has 1 saturated heterocycles. The molecule has 1 aromatic carbocycles. The fourth-order valence-electron chi connectivity index (χ4n) is 2.64. The average molecular weight is 257 g/mol. The molecular formula is C15H19N3O. The predicted octanol–water partition coefficient (Wildman–Crippen LogP) is 2.39. The van der Waals surface area contributed by atoms with Crippen LogP contribution in [0.2, 0.25) is 0 Å². The van der Waals surface area contributed by atoms with E-state index >= 15 is 0 Å². The largest absolute Gasteiger partial charge is 0.432 e. The van der Waals surface area contributed by atoms with Gasteiger partial charge in [0.25, 0.3) is 6.01 Å². The fourth-order valence-corrected chi connectivity index (χ4v) is 2.64. The van der Waals surface area contributed by atoms with Gasteiger partial charge in [-0.05, 0) is 19.0 Å². The van der Waals surface area contributed by atoms with Gasteiger partial charge in [0.05, 0.1) is 5.69 Å². The van der Waals surface area contributed by atoms with E-state index in [-0.39, 0.29) is 0 Å². The third-order valence-electron chi connectivity index (χ3n) is 3.63. The van der Waals surface area contributed by atoms with Crippen molar-refractivity contribution in [2.75, 3.05) is 25.0 Å². The van der Waals surface area contributed by atoms with Gasteiger partial charge in [-0.3, -0.25) is 0 Å². The third kappa shape index (κ3) is 2.63. The van der Waals surface area contributed by atoms with Crippen LogP contribution in [-0.2, 0) is 6.54 Å². The van der Waals surface area contributed by atoms with Crippen molar-refractivity contribution in [3.8, 4) is 0 Å². The lowest BCUT2D eigenvalue weighted by atomic mass is 9.99. The van der Waals surface area contributed by atoms with Crippen LogP contribution in [0.4, 0.5) is 6.01 Å². The lowest BCUT2D eigenvalue weighted by Gasteiger charge is -2.13. The van der Waals surface area contributed by atoms with Gasteiger partial charge in [-0.1, -0.05) is 30.3 Å². The molecule has 1 aliphatic rings. The Morgan fingerprint density at radius 3 is 3.00 bits per heavy atom. The van der Waals surface area contributed by atoms with Crippen LogP contribution < -0.4 is 10.2 Å². The Labute approximate surface area is 113 Å². The number of hydrogen-bond acceptors (Lipinski definition) is 4. The molecule has 1 unspecified atom stereocenters. The molecule has 1 aliphatic heterocycles. The van der Waals surface area contributed by atoms with E-state index < -0.39 is 0 Å². The Morgan fingerprint density at radius 2 is 2.21 bits per heavy atom. The smallest absolute Gasteiger partial charge is 0.297 e. The molecular weight excluding hydrogens is 238 g/mol. The zero-order chi connectivity index (χ0) is 13.1. The van der Waals surface area contributed by atoms with Gasteiger partial charge in [-0.15, -0.1) is 0 Å². The molecule has 2 heterocycles. The molecule has 0 saturated carbocycles. The van der Waals surface area contributed by atoms with Crippen LogP contribution in [0, 0.1) is 0 Å². The summed E-state index contributed by atoms with van der Waals surface area (Å²) in [5, 5.41) is 3.08. The van der Waals surface area contributed by atoms with Gasteiger partial charge in [-0.25, -0.2) is 0 Å². The van der Waals surface area contributed by atoms with Crippen molar-refractivity contribution in [2.45, 2.75) is 18.9 Å². The maximum absolute atomic E-state index is 5.56. The van der Waals surface area contributed by atoms with Crippen LogP contribution in [0.25, 0.3) is 0 Å². The number of nitrogens with one attached hydrogen (secondary N) is 1. The molecule has 19 heavy (non-hydrogen) atoms. The van der Waals surface area contributed by atoms with Crippen molar-refractivity contribution in [1.82, 2.24) is 10.3 Å². The maximum atomic E-state index is 5.56. The maximum Gasteiger partial charge on any atom is 0.297 e.